The molecule has 0 unspecified atom stereocenters. The van der Waals surface area contributed by atoms with Gasteiger partial charge in [0.15, 0.2) is 0 Å². The highest BCUT2D eigenvalue weighted by molar-refractivity contribution is 5.97. The van der Waals surface area contributed by atoms with E-state index in [2.05, 4.69) is 10.1 Å². The van der Waals surface area contributed by atoms with E-state index >= 15 is 0 Å². The van der Waals surface area contributed by atoms with Crippen molar-refractivity contribution in [2.24, 2.45) is 0 Å². The lowest BCUT2D eigenvalue weighted by atomic mass is 9.88. The number of carbonyl (C=O) groups is 3. The molecule has 0 saturated carbocycles. The largest absolute Gasteiger partial charge is 0.469 e. The van der Waals surface area contributed by atoms with Crippen LogP contribution in [0, 0.1) is 10.1 Å². The van der Waals surface area contributed by atoms with Gasteiger partial charge in [-0.3, -0.25) is 19.7 Å². The number of methoxy groups -OCH3 is 2. The number of ether oxygens (including phenoxy) is 2. The molecule has 0 heterocycles. The van der Waals surface area contributed by atoms with Crippen molar-refractivity contribution in [2.75, 3.05) is 14.2 Å². The van der Waals surface area contributed by atoms with E-state index in [0.717, 1.165) is 44.6 Å². The second-order valence-electron chi connectivity index (χ2n) is 6.79. The van der Waals surface area contributed by atoms with Crippen LogP contribution in [0.5, 0.6) is 0 Å². The Morgan fingerprint density at radius 1 is 1.06 bits per heavy atom. The number of hydrogen-bond acceptors (Lipinski definition) is 7. The lowest BCUT2D eigenvalue weighted by Gasteiger charge is -2.26. The van der Waals surface area contributed by atoms with Crippen molar-refractivity contribution in [3.05, 3.63) is 75.3 Å². The third kappa shape index (κ3) is 6.51. The minimum absolute atomic E-state index is 0.252. The summed E-state index contributed by atoms with van der Waals surface area (Å²) in [5, 5.41) is 13.2. The first-order chi connectivity index (χ1) is 15.5. The molecule has 0 bridgehead atoms. The van der Waals surface area contributed by atoms with Crippen molar-refractivity contribution in [3.8, 4) is 0 Å². The van der Waals surface area contributed by atoms with E-state index < -0.39 is 52.9 Å². The summed E-state index contributed by atoms with van der Waals surface area (Å²) < 4.78 is 48.3. The summed E-state index contributed by atoms with van der Waals surface area (Å²) in [6.07, 6.45) is -5.12. The maximum absolute atomic E-state index is 13.0. The molecule has 0 aromatic heterocycles. The third-order valence-corrected chi connectivity index (χ3v) is 4.74. The van der Waals surface area contributed by atoms with Crippen LogP contribution in [0.1, 0.15) is 33.8 Å². The average molecular weight is 468 g/mol. The molecule has 12 heteroatoms. The summed E-state index contributed by atoms with van der Waals surface area (Å²) in [7, 11) is 2.13. The molecule has 0 aliphatic rings. The zero-order chi connectivity index (χ0) is 24.8. The van der Waals surface area contributed by atoms with Gasteiger partial charge in [0.2, 0.25) is 0 Å². The number of halogens is 3. The third-order valence-electron chi connectivity index (χ3n) is 4.74. The van der Waals surface area contributed by atoms with Gasteiger partial charge in [-0.25, -0.2) is 4.79 Å². The van der Waals surface area contributed by atoms with Gasteiger partial charge in [-0.15, -0.1) is 0 Å². The van der Waals surface area contributed by atoms with Gasteiger partial charge in [0.25, 0.3) is 11.6 Å². The number of carbonyl (C=O) groups excluding carboxylic acids is 3. The summed E-state index contributed by atoms with van der Waals surface area (Å²) in [4.78, 5) is 47.4. The molecule has 1 N–H and O–H groups in total. The number of non-ortho nitro benzene ring substituents is 1. The van der Waals surface area contributed by atoms with Crippen LogP contribution in [-0.2, 0) is 25.2 Å². The zero-order valence-corrected chi connectivity index (χ0v) is 17.4. The molecule has 2 atom stereocenters. The topological polar surface area (TPSA) is 125 Å². The maximum atomic E-state index is 13.0. The second-order valence-corrected chi connectivity index (χ2v) is 6.79. The van der Waals surface area contributed by atoms with Crippen molar-refractivity contribution in [1.29, 1.82) is 0 Å². The highest BCUT2D eigenvalue weighted by Crippen LogP contribution is 2.30. The second kappa shape index (κ2) is 10.6. The number of nitro groups is 1. The molecule has 1 amide bonds. The zero-order valence-electron chi connectivity index (χ0n) is 17.4. The number of nitro benzene ring substituents is 1. The standard InChI is InChI=1S/C21H19F3N2O7/c1-32-17(27)11-16(12-6-8-15(9-7-12)26(30)31)18(20(29)33-2)25-19(28)13-4-3-5-14(10-13)21(22,23)24/h3-10,16,18H,11H2,1-2H3,(H,25,28)/t16-,18+/m0/s1. The molecule has 0 fully saturated rings. The van der Waals surface area contributed by atoms with Gasteiger partial charge in [0, 0.05) is 23.6 Å². The summed E-state index contributed by atoms with van der Waals surface area (Å²) in [6.45, 7) is 0. The van der Waals surface area contributed by atoms with Crippen molar-refractivity contribution in [3.63, 3.8) is 0 Å². The van der Waals surface area contributed by atoms with Crippen molar-refractivity contribution in [1.82, 2.24) is 5.32 Å². The number of rotatable bonds is 8. The predicted octanol–water partition coefficient (Wildman–Crippen LogP) is 3.23. The van der Waals surface area contributed by atoms with E-state index in [1.54, 1.807) is 0 Å². The summed E-state index contributed by atoms with van der Waals surface area (Å²) in [6, 6.07) is 6.91. The first kappa shape index (κ1) is 25.3. The monoisotopic (exact) mass is 468 g/mol. The first-order valence-corrected chi connectivity index (χ1v) is 9.35. The number of hydrogen-bond donors (Lipinski definition) is 1. The lowest BCUT2D eigenvalue weighted by molar-refractivity contribution is -0.384. The normalized spacial score (nSPS) is 12.9. The van der Waals surface area contributed by atoms with Crippen LogP contribution in [0.25, 0.3) is 0 Å². The Kier molecular flexibility index (Phi) is 8.10. The fourth-order valence-electron chi connectivity index (χ4n) is 3.05. The summed E-state index contributed by atoms with van der Waals surface area (Å²) in [5.74, 6) is -3.86. The molecule has 0 aliphatic carbocycles. The Hall–Kier alpha value is -3.96. The number of alkyl halides is 3. The Morgan fingerprint density at radius 3 is 2.21 bits per heavy atom. The van der Waals surface area contributed by atoms with Crippen LogP contribution in [0.15, 0.2) is 48.5 Å². The molecule has 0 radical (unpaired) electrons. The molecular formula is C21H19F3N2O7. The number of nitrogens with one attached hydrogen (secondary N) is 1. The number of amides is 1. The summed E-state index contributed by atoms with van der Waals surface area (Å²) >= 11 is 0. The smallest absolute Gasteiger partial charge is 0.416 e. The fraction of sp³-hybridized carbons (Fsp3) is 0.286. The molecule has 176 valence electrons. The molecule has 2 aromatic carbocycles. The molecule has 0 aliphatic heterocycles. The van der Waals surface area contributed by atoms with Crippen LogP contribution < -0.4 is 5.32 Å². The molecular weight excluding hydrogens is 449 g/mol. The molecule has 0 saturated heterocycles. The molecule has 2 rings (SSSR count). The van der Waals surface area contributed by atoms with Crippen LogP contribution >= 0.6 is 0 Å². The van der Waals surface area contributed by atoms with Gasteiger partial charge in [-0.05, 0) is 23.8 Å². The van der Waals surface area contributed by atoms with Gasteiger partial charge in [-0.1, -0.05) is 18.2 Å². The summed E-state index contributed by atoms with van der Waals surface area (Å²) in [5.41, 5.74) is -1.44. The predicted molar refractivity (Wildman–Crippen MR) is 107 cm³/mol. The van der Waals surface area contributed by atoms with Gasteiger partial charge in [-0.2, -0.15) is 13.2 Å². The van der Waals surface area contributed by atoms with Crippen LogP contribution in [0.2, 0.25) is 0 Å². The lowest BCUT2D eigenvalue weighted by Crippen LogP contribution is -2.46. The molecule has 33 heavy (non-hydrogen) atoms. The van der Waals surface area contributed by atoms with Crippen molar-refractivity contribution < 1.29 is 42.0 Å². The van der Waals surface area contributed by atoms with Gasteiger partial charge in [0.1, 0.15) is 6.04 Å². The van der Waals surface area contributed by atoms with Crippen LogP contribution in [-0.4, -0.2) is 43.0 Å². The minimum atomic E-state index is -4.69. The Morgan fingerprint density at radius 2 is 1.70 bits per heavy atom. The van der Waals surface area contributed by atoms with E-state index in [0.29, 0.717) is 6.07 Å². The highest BCUT2D eigenvalue weighted by Gasteiger charge is 2.35. The molecule has 9 nitrogen and oxygen atoms in total. The van der Waals surface area contributed by atoms with E-state index in [9.17, 15) is 37.7 Å². The van der Waals surface area contributed by atoms with Gasteiger partial charge in [0.05, 0.1) is 31.1 Å². The average Bonchev–Trinajstić information content (AvgIpc) is 2.80. The quantitative estimate of drug-likeness (QED) is 0.358. The highest BCUT2D eigenvalue weighted by atomic mass is 19.4. The Labute approximate surface area is 185 Å². The van der Waals surface area contributed by atoms with E-state index in [-0.39, 0.29) is 16.8 Å². The number of nitrogens with zero attached hydrogens (tertiary/aromatic N) is 1. The minimum Gasteiger partial charge on any atom is -0.469 e. The van der Waals surface area contributed by atoms with E-state index in [4.69, 9.17) is 4.74 Å². The van der Waals surface area contributed by atoms with E-state index in [1.165, 1.54) is 12.1 Å². The van der Waals surface area contributed by atoms with Crippen LogP contribution in [0.4, 0.5) is 18.9 Å². The SMILES string of the molecule is COC(=O)C[C@@H](c1ccc([N+](=O)[O-])cc1)[C@@H](NC(=O)c1cccc(C(F)(F)F)c1)C(=O)OC. The van der Waals surface area contributed by atoms with Crippen LogP contribution in [0.3, 0.4) is 0 Å². The fourth-order valence-corrected chi connectivity index (χ4v) is 3.05. The van der Waals surface area contributed by atoms with E-state index in [1.807, 2.05) is 0 Å². The molecule has 0 spiro atoms. The van der Waals surface area contributed by atoms with Gasteiger partial charge < -0.3 is 14.8 Å². The van der Waals surface area contributed by atoms with Crippen molar-refractivity contribution in [2.45, 2.75) is 24.6 Å². The van der Waals surface area contributed by atoms with Crippen molar-refractivity contribution >= 4 is 23.5 Å². The Balaban J connectivity index is 2.44. The first-order valence-electron chi connectivity index (χ1n) is 9.35. The number of benzene rings is 2. The Bertz CT molecular complexity index is 1040. The number of esters is 2. The molecule has 2 aromatic rings. The maximum Gasteiger partial charge on any atom is 0.416 e. The van der Waals surface area contributed by atoms with Gasteiger partial charge >= 0.3 is 18.1 Å².